The van der Waals surface area contributed by atoms with Crippen LogP contribution in [-0.4, -0.2) is 11.0 Å². The molecular formula is C14H17NO2. The van der Waals surface area contributed by atoms with Gasteiger partial charge in [-0.1, -0.05) is 36.4 Å². The highest BCUT2D eigenvalue weighted by atomic mass is 16.6. The van der Waals surface area contributed by atoms with E-state index in [0.717, 1.165) is 30.4 Å². The lowest BCUT2D eigenvalue weighted by Gasteiger charge is -2.17. The van der Waals surface area contributed by atoms with Gasteiger partial charge in [-0.25, -0.2) is 0 Å². The molecule has 1 atom stereocenters. The maximum Gasteiger partial charge on any atom is 0.238 e. The lowest BCUT2D eigenvalue weighted by Crippen LogP contribution is -2.25. The van der Waals surface area contributed by atoms with Crippen molar-refractivity contribution in [2.45, 2.75) is 38.1 Å². The summed E-state index contributed by atoms with van der Waals surface area (Å²) in [7, 11) is 0. The molecule has 0 radical (unpaired) electrons. The Labute approximate surface area is 101 Å². The minimum absolute atomic E-state index is 0.135. The van der Waals surface area contributed by atoms with Crippen molar-refractivity contribution in [2.75, 3.05) is 0 Å². The van der Waals surface area contributed by atoms with Gasteiger partial charge in [0.25, 0.3) is 0 Å². The molecule has 0 saturated carbocycles. The predicted molar refractivity (Wildman–Crippen MR) is 67.5 cm³/mol. The molecule has 3 nitrogen and oxygen atoms in total. The number of rotatable bonds is 4. The molecule has 3 heteroatoms. The first kappa shape index (κ1) is 11.8. The van der Waals surface area contributed by atoms with E-state index in [-0.39, 0.29) is 4.92 Å². The minimum Gasteiger partial charge on any atom is -0.264 e. The van der Waals surface area contributed by atoms with Crippen LogP contribution in [0.3, 0.4) is 0 Å². The average molecular weight is 231 g/mol. The number of hydrogen-bond donors (Lipinski definition) is 0. The highest BCUT2D eigenvalue weighted by Crippen LogP contribution is 2.24. The van der Waals surface area contributed by atoms with E-state index in [2.05, 4.69) is 6.08 Å². The zero-order chi connectivity index (χ0) is 12.1. The first-order chi connectivity index (χ1) is 8.27. The molecule has 2 rings (SSSR count). The Balaban J connectivity index is 2.13. The maximum absolute atomic E-state index is 11.2. The quantitative estimate of drug-likeness (QED) is 0.453. The Morgan fingerprint density at radius 2 is 2.00 bits per heavy atom. The van der Waals surface area contributed by atoms with Crippen LogP contribution in [0.2, 0.25) is 0 Å². The Kier molecular flexibility index (Phi) is 3.91. The fourth-order valence-electron chi connectivity index (χ4n) is 2.34. The Morgan fingerprint density at radius 1 is 1.24 bits per heavy atom. The van der Waals surface area contributed by atoms with Crippen LogP contribution < -0.4 is 0 Å². The van der Waals surface area contributed by atoms with E-state index in [1.54, 1.807) is 0 Å². The molecule has 0 fully saturated rings. The van der Waals surface area contributed by atoms with E-state index in [9.17, 15) is 10.1 Å². The molecule has 90 valence electrons. The second-order valence-electron chi connectivity index (χ2n) is 4.52. The van der Waals surface area contributed by atoms with Gasteiger partial charge >= 0.3 is 0 Å². The molecule has 1 aliphatic carbocycles. The SMILES string of the molecule is O=[N+]([O-])C(Cc1ccccc1)C1=CCCCC1. The van der Waals surface area contributed by atoms with Gasteiger partial charge in [-0.3, -0.25) is 10.1 Å². The fourth-order valence-corrected chi connectivity index (χ4v) is 2.34. The summed E-state index contributed by atoms with van der Waals surface area (Å²) in [4.78, 5) is 11.0. The van der Waals surface area contributed by atoms with E-state index in [1.807, 2.05) is 30.3 Å². The van der Waals surface area contributed by atoms with E-state index >= 15 is 0 Å². The third-order valence-corrected chi connectivity index (χ3v) is 3.28. The van der Waals surface area contributed by atoms with Crippen molar-refractivity contribution < 1.29 is 4.92 Å². The zero-order valence-electron chi connectivity index (χ0n) is 9.84. The number of nitro groups is 1. The van der Waals surface area contributed by atoms with Crippen molar-refractivity contribution in [1.82, 2.24) is 0 Å². The smallest absolute Gasteiger partial charge is 0.238 e. The van der Waals surface area contributed by atoms with Gasteiger partial charge in [0.05, 0.1) is 0 Å². The number of benzene rings is 1. The molecule has 0 aromatic heterocycles. The summed E-state index contributed by atoms with van der Waals surface area (Å²) in [5.41, 5.74) is 2.06. The Morgan fingerprint density at radius 3 is 2.59 bits per heavy atom. The second-order valence-corrected chi connectivity index (χ2v) is 4.52. The van der Waals surface area contributed by atoms with Crippen LogP contribution in [0.25, 0.3) is 0 Å². The summed E-state index contributed by atoms with van der Waals surface area (Å²) in [6, 6.07) is 9.19. The van der Waals surface area contributed by atoms with Gasteiger partial charge in [0.2, 0.25) is 6.04 Å². The van der Waals surface area contributed by atoms with E-state index in [1.165, 1.54) is 6.42 Å². The summed E-state index contributed by atoms with van der Waals surface area (Å²) in [5.74, 6) is 0. The number of hydrogen-bond acceptors (Lipinski definition) is 2. The van der Waals surface area contributed by atoms with Crippen molar-refractivity contribution in [1.29, 1.82) is 0 Å². The van der Waals surface area contributed by atoms with E-state index in [0.29, 0.717) is 6.42 Å². The summed E-state index contributed by atoms with van der Waals surface area (Å²) in [5, 5.41) is 11.2. The maximum atomic E-state index is 11.2. The fraction of sp³-hybridized carbons (Fsp3) is 0.429. The van der Waals surface area contributed by atoms with Crippen LogP contribution in [0, 0.1) is 10.1 Å². The highest BCUT2D eigenvalue weighted by molar-refractivity contribution is 5.20. The van der Waals surface area contributed by atoms with Gasteiger partial charge < -0.3 is 0 Å². The first-order valence-corrected chi connectivity index (χ1v) is 6.13. The van der Waals surface area contributed by atoms with Gasteiger partial charge in [0.15, 0.2) is 0 Å². The molecule has 17 heavy (non-hydrogen) atoms. The molecule has 1 unspecified atom stereocenters. The topological polar surface area (TPSA) is 43.1 Å². The van der Waals surface area contributed by atoms with Crippen molar-refractivity contribution in [3.05, 3.63) is 57.7 Å². The lowest BCUT2D eigenvalue weighted by atomic mass is 9.91. The average Bonchev–Trinajstić information content (AvgIpc) is 2.38. The van der Waals surface area contributed by atoms with Crippen LogP contribution in [0.5, 0.6) is 0 Å². The van der Waals surface area contributed by atoms with Crippen molar-refractivity contribution in [2.24, 2.45) is 0 Å². The predicted octanol–water partition coefficient (Wildman–Crippen LogP) is 3.37. The van der Waals surface area contributed by atoms with Gasteiger partial charge in [0.1, 0.15) is 0 Å². The van der Waals surface area contributed by atoms with Gasteiger partial charge in [-0.05, 0) is 36.8 Å². The second kappa shape index (κ2) is 5.62. The third kappa shape index (κ3) is 3.16. The van der Waals surface area contributed by atoms with Crippen LogP contribution in [0.4, 0.5) is 0 Å². The highest BCUT2D eigenvalue weighted by Gasteiger charge is 2.26. The van der Waals surface area contributed by atoms with Crippen molar-refractivity contribution >= 4 is 0 Å². The lowest BCUT2D eigenvalue weighted by molar-refractivity contribution is -0.512. The van der Waals surface area contributed by atoms with Crippen LogP contribution in [-0.2, 0) is 6.42 Å². The molecule has 0 saturated heterocycles. The number of nitrogens with zero attached hydrogens (tertiary/aromatic N) is 1. The molecule has 1 aliphatic rings. The van der Waals surface area contributed by atoms with E-state index in [4.69, 9.17) is 0 Å². The van der Waals surface area contributed by atoms with Crippen molar-refractivity contribution in [3.63, 3.8) is 0 Å². The molecule has 1 aromatic carbocycles. The molecule has 0 N–H and O–H groups in total. The molecule has 0 amide bonds. The summed E-state index contributed by atoms with van der Waals surface area (Å²) in [6.45, 7) is 0. The standard InChI is InChI=1S/C14H17NO2/c16-15(17)14(13-9-5-2-6-10-13)11-12-7-3-1-4-8-12/h1,3-4,7-9,14H,2,5-6,10-11H2. The van der Waals surface area contributed by atoms with Gasteiger partial charge in [-0.2, -0.15) is 0 Å². The van der Waals surface area contributed by atoms with Crippen LogP contribution in [0.15, 0.2) is 42.0 Å². The normalized spacial score (nSPS) is 17.3. The molecule has 0 bridgehead atoms. The third-order valence-electron chi connectivity index (χ3n) is 3.28. The summed E-state index contributed by atoms with van der Waals surface area (Å²) >= 11 is 0. The molecule has 0 aliphatic heterocycles. The summed E-state index contributed by atoms with van der Waals surface area (Å²) < 4.78 is 0. The van der Waals surface area contributed by atoms with Crippen LogP contribution >= 0.6 is 0 Å². The molecule has 0 heterocycles. The molecule has 0 spiro atoms. The van der Waals surface area contributed by atoms with Gasteiger partial charge in [-0.15, -0.1) is 0 Å². The summed E-state index contributed by atoms with van der Waals surface area (Å²) in [6.07, 6.45) is 6.72. The minimum atomic E-state index is -0.530. The van der Waals surface area contributed by atoms with Crippen molar-refractivity contribution in [3.8, 4) is 0 Å². The largest absolute Gasteiger partial charge is 0.264 e. The zero-order valence-corrected chi connectivity index (χ0v) is 9.84. The molecule has 1 aromatic rings. The first-order valence-electron chi connectivity index (χ1n) is 6.13. The number of allylic oxidation sites excluding steroid dienone is 1. The van der Waals surface area contributed by atoms with Crippen LogP contribution in [0.1, 0.15) is 31.2 Å². The molecular weight excluding hydrogens is 214 g/mol. The Bertz CT molecular complexity index is 411. The van der Waals surface area contributed by atoms with E-state index < -0.39 is 6.04 Å². The monoisotopic (exact) mass is 231 g/mol. The van der Waals surface area contributed by atoms with Gasteiger partial charge in [0, 0.05) is 11.3 Å². The Hall–Kier alpha value is -1.64.